The van der Waals surface area contributed by atoms with Gasteiger partial charge in [-0.25, -0.2) is 4.79 Å². The van der Waals surface area contributed by atoms with E-state index in [4.69, 9.17) is 9.47 Å². The normalized spacial score (nSPS) is 23.1. The highest BCUT2D eigenvalue weighted by Crippen LogP contribution is 2.31. The molecule has 0 aliphatic carbocycles. The molecule has 8 heteroatoms. The zero-order valence-corrected chi connectivity index (χ0v) is 15.3. The summed E-state index contributed by atoms with van der Waals surface area (Å²) >= 11 is 0. The molecule has 0 radical (unpaired) electrons. The number of amides is 3. The number of cyclic esters (lactones) is 1. The van der Waals surface area contributed by atoms with E-state index in [2.05, 4.69) is 0 Å². The van der Waals surface area contributed by atoms with Crippen molar-refractivity contribution in [3.63, 3.8) is 0 Å². The molecule has 0 aromatic heterocycles. The predicted octanol–water partition coefficient (Wildman–Crippen LogP) is 1.24. The fraction of sp³-hybridized carbons (Fsp3) is 0.526. The number of hydrogen-bond acceptors (Lipinski definition) is 5. The molecular formula is C19H23N3O5. The molecule has 0 spiro atoms. The molecule has 3 amide bonds. The third-order valence-corrected chi connectivity index (χ3v) is 5.45. The molecule has 1 aromatic rings. The number of piperidine rings is 1. The number of carbonyl (C=O) groups is 3. The second-order valence-electron chi connectivity index (χ2n) is 7.18. The molecule has 3 aliphatic heterocycles. The van der Waals surface area contributed by atoms with Gasteiger partial charge in [-0.2, -0.15) is 0 Å². The minimum atomic E-state index is -0.261. The van der Waals surface area contributed by atoms with Gasteiger partial charge in [-0.3, -0.25) is 19.4 Å². The van der Waals surface area contributed by atoms with E-state index in [0.717, 1.165) is 12.8 Å². The zero-order chi connectivity index (χ0) is 19.0. The molecular weight excluding hydrogens is 350 g/mol. The van der Waals surface area contributed by atoms with E-state index in [1.807, 2.05) is 19.1 Å². The fourth-order valence-corrected chi connectivity index (χ4v) is 3.99. The van der Waals surface area contributed by atoms with Crippen LogP contribution in [0.1, 0.15) is 19.8 Å². The zero-order valence-electron chi connectivity index (χ0n) is 15.3. The first kappa shape index (κ1) is 17.6. The SMILES string of the molecule is CC1COC(=O)N1C1CCN(C(=O)CN2C(=O)COc3ccccc32)CC1. The van der Waals surface area contributed by atoms with Gasteiger partial charge in [0.2, 0.25) is 5.91 Å². The molecule has 3 heterocycles. The topological polar surface area (TPSA) is 79.4 Å². The number of benzene rings is 1. The molecule has 1 aromatic carbocycles. The first-order valence-electron chi connectivity index (χ1n) is 9.29. The maximum Gasteiger partial charge on any atom is 0.410 e. The van der Waals surface area contributed by atoms with Crippen LogP contribution in [0.4, 0.5) is 10.5 Å². The average molecular weight is 373 g/mol. The number of rotatable bonds is 3. The Kier molecular flexibility index (Phi) is 4.63. The molecule has 4 rings (SSSR count). The molecule has 3 aliphatic rings. The largest absolute Gasteiger partial charge is 0.482 e. The lowest BCUT2D eigenvalue weighted by Gasteiger charge is -2.38. The Morgan fingerprint density at radius 2 is 1.89 bits per heavy atom. The Labute approximate surface area is 157 Å². The molecule has 1 unspecified atom stereocenters. The van der Waals surface area contributed by atoms with Crippen LogP contribution in [-0.2, 0) is 14.3 Å². The van der Waals surface area contributed by atoms with E-state index < -0.39 is 0 Å². The summed E-state index contributed by atoms with van der Waals surface area (Å²) < 4.78 is 10.5. The number of ether oxygens (including phenoxy) is 2. The van der Waals surface area contributed by atoms with Crippen molar-refractivity contribution in [2.24, 2.45) is 0 Å². The highest BCUT2D eigenvalue weighted by atomic mass is 16.6. The Balaban J connectivity index is 1.38. The van der Waals surface area contributed by atoms with E-state index in [1.54, 1.807) is 21.9 Å². The molecule has 144 valence electrons. The van der Waals surface area contributed by atoms with Gasteiger partial charge in [0.25, 0.3) is 5.91 Å². The fourth-order valence-electron chi connectivity index (χ4n) is 3.99. The quantitative estimate of drug-likeness (QED) is 0.797. The second-order valence-corrected chi connectivity index (χ2v) is 7.18. The Bertz CT molecular complexity index is 759. The minimum absolute atomic E-state index is 0.00598. The van der Waals surface area contributed by atoms with Crippen molar-refractivity contribution >= 4 is 23.6 Å². The summed E-state index contributed by atoms with van der Waals surface area (Å²) in [6.07, 6.45) is 1.18. The summed E-state index contributed by atoms with van der Waals surface area (Å²) in [5.74, 6) is 0.311. The average Bonchev–Trinajstić information content (AvgIpc) is 3.02. The van der Waals surface area contributed by atoms with Crippen LogP contribution < -0.4 is 9.64 Å². The van der Waals surface area contributed by atoms with E-state index in [9.17, 15) is 14.4 Å². The highest BCUT2D eigenvalue weighted by Gasteiger charge is 2.38. The molecule has 27 heavy (non-hydrogen) atoms. The van der Waals surface area contributed by atoms with Gasteiger partial charge in [-0.05, 0) is 31.9 Å². The van der Waals surface area contributed by atoms with Gasteiger partial charge in [0.15, 0.2) is 6.61 Å². The van der Waals surface area contributed by atoms with Crippen LogP contribution in [0.2, 0.25) is 0 Å². The summed E-state index contributed by atoms with van der Waals surface area (Å²) in [5, 5.41) is 0. The Morgan fingerprint density at radius 1 is 1.15 bits per heavy atom. The van der Waals surface area contributed by atoms with Crippen molar-refractivity contribution < 1.29 is 23.9 Å². The van der Waals surface area contributed by atoms with Crippen LogP contribution in [0.5, 0.6) is 5.75 Å². The van der Waals surface area contributed by atoms with Crippen molar-refractivity contribution in [1.29, 1.82) is 0 Å². The smallest absolute Gasteiger partial charge is 0.410 e. The van der Waals surface area contributed by atoms with Gasteiger partial charge in [-0.15, -0.1) is 0 Å². The lowest BCUT2D eigenvalue weighted by Crippen LogP contribution is -2.52. The van der Waals surface area contributed by atoms with Crippen LogP contribution in [0.3, 0.4) is 0 Å². The number of nitrogens with zero attached hydrogens (tertiary/aromatic N) is 3. The van der Waals surface area contributed by atoms with Crippen molar-refractivity contribution in [2.75, 3.05) is 37.7 Å². The lowest BCUT2D eigenvalue weighted by molar-refractivity contribution is -0.133. The molecule has 0 bridgehead atoms. The molecule has 0 N–H and O–H groups in total. The van der Waals surface area contributed by atoms with Crippen LogP contribution >= 0.6 is 0 Å². The van der Waals surface area contributed by atoms with Gasteiger partial charge in [0.05, 0.1) is 11.7 Å². The minimum Gasteiger partial charge on any atom is -0.482 e. The number of carbonyl (C=O) groups excluding carboxylic acids is 3. The summed E-state index contributed by atoms with van der Waals surface area (Å²) in [6.45, 7) is 3.49. The summed E-state index contributed by atoms with van der Waals surface area (Å²) in [4.78, 5) is 42.0. The monoisotopic (exact) mass is 373 g/mol. The van der Waals surface area contributed by atoms with E-state index in [1.165, 1.54) is 4.90 Å². The van der Waals surface area contributed by atoms with Crippen molar-refractivity contribution in [3.05, 3.63) is 24.3 Å². The summed E-state index contributed by atoms with van der Waals surface area (Å²) in [6, 6.07) is 7.41. The second kappa shape index (κ2) is 7.09. The van der Waals surface area contributed by atoms with Crippen LogP contribution in [0.15, 0.2) is 24.3 Å². The van der Waals surface area contributed by atoms with E-state index in [0.29, 0.717) is 31.1 Å². The van der Waals surface area contributed by atoms with E-state index >= 15 is 0 Å². The number of likely N-dealkylation sites (tertiary alicyclic amines) is 1. The third kappa shape index (κ3) is 3.31. The highest BCUT2D eigenvalue weighted by molar-refractivity contribution is 6.02. The van der Waals surface area contributed by atoms with Gasteiger partial charge in [-0.1, -0.05) is 12.1 Å². The van der Waals surface area contributed by atoms with Gasteiger partial charge < -0.3 is 14.4 Å². The molecule has 2 fully saturated rings. The molecule has 1 atom stereocenters. The number of hydrogen-bond donors (Lipinski definition) is 0. The van der Waals surface area contributed by atoms with E-state index in [-0.39, 0.29) is 43.1 Å². The van der Waals surface area contributed by atoms with Crippen molar-refractivity contribution in [2.45, 2.75) is 31.8 Å². The first-order valence-corrected chi connectivity index (χ1v) is 9.29. The van der Waals surface area contributed by atoms with Crippen molar-refractivity contribution in [3.8, 4) is 5.75 Å². The van der Waals surface area contributed by atoms with Crippen molar-refractivity contribution in [1.82, 2.24) is 9.80 Å². The van der Waals surface area contributed by atoms with Crippen LogP contribution in [-0.4, -0.2) is 72.6 Å². The summed E-state index contributed by atoms with van der Waals surface area (Å²) in [7, 11) is 0. The maximum absolute atomic E-state index is 12.8. The van der Waals surface area contributed by atoms with Gasteiger partial charge in [0, 0.05) is 19.1 Å². The standard InChI is InChI=1S/C19H23N3O5/c1-13-11-27-19(25)22(13)14-6-8-20(9-7-14)17(23)10-21-15-4-2-3-5-16(15)26-12-18(21)24/h2-5,13-14H,6-12H2,1H3. The number of anilines is 1. The first-order chi connectivity index (χ1) is 13.0. The Morgan fingerprint density at radius 3 is 2.59 bits per heavy atom. The number of para-hydroxylation sites is 2. The summed E-state index contributed by atoms with van der Waals surface area (Å²) in [5.41, 5.74) is 0.630. The predicted molar refractivity (Wildman–Crippen MR) is 96.5 cm³/mol. The third-order valence-electron chi connectivity index (χ3n) is 5.45. The molecule has 0 saturated carbocycles. The lowest BCUT2D eigenvalue weighted by atomic mass is 10.0. The number of fused-ring (bicyclic) bond motifs is 1. The Hall–Kier alpha value is -2.77. The van der Waals surface area contributed by atoms with Crippen LogP contribution in [0, 0.1) is 0 Å². The van der Waals surface area contributed by atoms with Gasteiger partial charge >= 0.3 is 6.09 Å². The molecule has 8 nitrogen and oxygen atoms in total. The van der Waals surface area contributed by atoms with Gasteiger partial charge in [0.1, 0.15) is 18.9 Å². The maximum atomic E-state index is 12.8. The molecule has 2 saturated heterocycles. The van der Waals surface area contributed by atoms with Crippen LogP contribution in [0.25, 0.3) is 0 Å².